The average molecular weight is 514 g/mol. The molecule has 28 heavy (non-hydrogen) atoms. The van der Waals surface area contributed by atoms with Gasteiger partial charge in [0.05, 0.1) is 0 Å². The van der Waals surface area contributed by atoms with Crippen molar-refractivity contribution in [1.29, 1.82) is 5.26 Å². The van der Waals surface area contributed by atoms with Crippen LogP contribution in [0.5, 0.6) is 0 Å². The second-order valence-electron chi connectivity index (χ2n) is 7.14. The summed E-state index contributed by atoms with van der Waals surface area (Å²) in [6.45, 7) is 2.20. The number of fused-ring (bicyclic) bond motifs is 3. The van der Waals surface area contributed by atoms with Crippen LogP contribution in [0.2, 0.25) is 0 Å². The van der Waals surface area contributed by atoms with Gasteiger partial charge in [0.15, 0.2) is 0 Å². The monoisotopic (exact) mass is 514 g/mol. The van der Waals surface area contributed by atoms with Crippen molar-refractivity contribution in [3.8, 4) is 6.07 Å². The van der Waals surface area contributed by atoms with Crippen LogP contribution in [0.15, 0.2) is 18.5 Å². The maximum atomic E-state index is 12.1. The molecule has 150 valence electrons. The number of nitrogens with one attached hydrogen (secondary N) is 2. The average Bonchev–Trinajstić information content (AvgIpc) is 3.37. The summed E-state index contributed by atoms with van der Waals surface area (Å²) in [5.41, 5.74) is 2.49. The standard InChI is InChI=1S/C17H21IN7O2S/c1-11-8-12(18-24-28(26,27)7-3-2-5-19)9-13(11)17-23-22-15-10-21-16-14(25(15)17)4-6-20-16/h4,6,10-13,20,24H,2-3,7-9H2,1H3/q-1/t11-,12+,13+/m1/s1. The van der Waals surface area contributed by atoms with Crippen LogP contribution in [-0.2, 0) is 10.0 Å². The first-order valence-corrected chi connectivity index (χ1v) is 13.1. The van der Waals surface area contributed by atoms with Gasteiger partial charge in [-0.2, -0.15) is 0 Å². The Balaban J connectivity index is 1.48. The quantitative estimate of drug-likeness (QED) is 0.175. The summed E-state index contributed by atoms with van der Waals surface area (Å²) in [4.78, 5) is 7.48. The fourth-order valence-corrected chi connectivity index (χ4v) is 9.39. The zero-order valence-corrected chi connectivity index (χ0v) is 18.3. The maximum absolute atomic E-state index is 12.1. The molecule has 0 radical (unpaired) electrons. The van der Waals surface area contributed by atoms with E-state index in [0.29, 0.717) is 16.3 Å². The number of aromatic nitrogens is 5. The summed E-state index contributed by atoms with van der Waals surface area (Å²) in [6.07, 6.45) is 6.11. The van der Waals surface area contributed by atoms with Crippen LogP contribution in [-0.4, -0.2) is 42.7 Å². The zero-order chi connectivity index (χ0) is 19.7. The number of alkyl halides is 1. The van der Waals surface area contributed by atoms with Crippen molar-refractivity contribution in [1.82, 2.24) is 27.5 Å². The molecular weight excluding hydrogens is 493 g/mol. The fourth-order valence-electron chi connectivity index (χ4n) is 3.77. The van der Waals surface area contributed by atoms with Crippen molar-refractivity contribution in [3.05, 3.63) is 24.3 Å². The molecule has 0 aromatic carbocycles. The van der Waals surface area contributed by atoms with Gasteiger partial charge in [-0.25, -0.2) is 0 Å². The van der Waals surface area contributed by atoms with Crippen LogP contribution in [0, 0.1) is 17.2 Å². The van der Waals surface area contributed by atoms with Crippen LogP contribution in [0.1, 0.15) is 44.3 Å². The number of sulfonamides is 1. The van der Waals surface area contributed by atoms with Crippen LogP contribution in [0.3, 0.4) is 0 Å². The minimum absolute atomic E-state index is 0.0271. The first-order chi connectivity index (χ1) is 13.5. The molecule has 0 spiro atoms. The molecule has 0 bridgehead atoms. The third-order valence-corrected chi connectivity index (χ3v) is 11.0. The predicted molar refractivity (Wildman–Crippen MR) is 99.3 cm³/mol. The zero-order valence-electron chi connectivity index (χ0n) is 15.3. The Bertz CT molecular complexity index is 1130. The van der Waals surface area contributed by atoms with Gasteiger partial charge in [0, 0.05) is 0 Å². The van der Waals surface area contributed by atoms with E-state index in [-0.39, 0.29) is 18.1 Å². The van der Waals surface area contributed by atoms with E-state index >= 15 is 0 Å². The van der Waals surface area contributed by atoms with Crippen molar-refractivity contribution >= 4 is 26.8 Å². The first kappa shape index (κ1) is 19.5. The van der Waals surface area contributed by atoms with Crippen LogP contribution in [0.25, 0.3) is 16.8 Å². The predicted octanol–water partition coefficient (Wildman–Crippen LogP) is -1.29. The Morgan fingerprint density at radius 1 is 1.43 bits per heavy atom. The van der Waals surface area contributed by atoms with Gasteiger partial charge < -0.3 is 0 Å². The van der Waals surface area contributed by atoms with Gasteiger partial charge in [-0.1, -0.05) is 0 Å². The van der Waals surface area contributed by atoms with E-state index in [2.05, 4.69) is 34.4 Å². The van der Waals surface area contributed by atoms with Crippen molar-refractivity contribution in [2.24, 2.45) is 5.92 Å². The molecule has 1 aliphatic rings. The van der Waals surface area contributed by atoms with Crippen LogP contribution < -0.4 is 24.4 Å². The topological polar surface area (TPSA) is 129 Å². The Morgan fingerprint density at radius 3 is 3.11 bits per heavy atom. The molecule has 3 aromatic heterocycles. The van der Waals surface area contributed by atoms with Crippen molar-refractivity contribution in [2.45, 2.75) is 42.4 Å². The van der Waals surface area contributed by atoms with E-state index < -0.39 is 31.5 Å². The molecule has 9 nitrogen and oxygen atoms in total. The van der Waals surface area contributed by atoms with Gasteiger partial charge in [-0.05, 0) is 0 Å². The van der Waals surface area contributed by atoms with E-state index in [1.165, 1.54) is 0 Å². The summed E-state index contributed by atoms with van der Waals surface area (Å²) in [5, 5.41) is 17.3. The van der Waals surface area contributed by atoms with Crippen molar-refractivity contribution < 1.29 is 29.9 Å². The molecule has 1 fully saturated rings. The summed E-state index contributed by atoms with van der Waals surface area (Å²) in [7, 11) is -3.28. The Morgan fingerprint density at radius 2 is 2.29 bits per heavy atom. The molecule has 1 aliphatic carbocycles. The number of H-pyrrole nitrogens is 1. The normalized spacial score (nSPS) is 22.9. The van der Waals surface area contributed by atoms with Gasteiger partial charge >= 0.3 is 174 Å². The second kappa shape index (κ2) is 7.92. The van der Waals surface area contributed by atoms with E-state index in [4.69, 9.17) is 5.26 Å². The van der Waals surface area contributed by atoms with Gasteiger partial charge in [0.1, 0.15) is 0 Å². The molecule has 0 aliphatic heterocycles. The minimum atomic E-state index is -3.28. The molecule has 3 heterocycles. The summed E-state index contributed by atoms with van der Waals surface area (Å²) < 4.78 is 29.5. The Kier molecular flexibility index (Phi) is 5.52. The second-order valence-corrected chi connectivity index (χ2v) is 12.6. The number of aromatic amines is 1. The molecule has 2 N–H and O–H groups in total. The number of rotatable bonds is 7. The summed E-state index contributed by atoms with van der Waals surface area (Å²) in [6, 6.07) is 3.96. The SMILES string of the molecule is C[C@@H]1C[C@H]([I-]NS(=O)(=O)CCCC#N)C[C@@H]1c1nnc2cnc3[nH]ccc3n12. The van der Waals surface area contributed by atoms with Crippen LogP contribution in [0.4, 0.5) is 0 Å². The van der Waals surface area contributed by atoms with E-state index in [1.54, 1.807) is 6.20 Å². The first-order valence-electron chi connectivity index (χ1n) is 9.14. The third kappa shape index (κ3) is 3.85. The number of hydrogen-bond donors (Lipinski definition) is 2. The molecule has 3 atom stereocenters. The molecule has 3 aromatic rings. The van der Waals surface area contributed by atoms with Crippen LogP contribution >= 0.6 is 0 Å². The third-order valence-electron chi connectivity index (χ3n) is 5.14. The van der Waals surface area contributed by atoms with Crippen molar-refractivity contribution in [3.63, 3.8) is 0 Å². The van der Waals surface area contributed by atoms with Gasteiger partial charge in [0.2, 0.25) is 0 Å². The van der Waals surface area contributed by atoms with E-state index in [9.17, 15) is 8.42 Å². The molecule has 11 heteroatoms. The summed E-state index contributed by atoms with van der Waals surface area (Å²) in [5.74, 6) is 1.60. The van der Waals surface area contributed by atoms with Gasteiger partial charge in [-0.3, -0.25) is 0 Å². The van der Waals surface area contributed by atoms with Crippen molar-refractivity contribution in [2.75, 3.05) is 5.75 Å². The summed E-state index contributed by atoms with van der Waals surface area (Å²) >= 11 is -0.689. The molecule has 0 amide bonds. The molecule has 0 saturated heterocycles. The number of unbranched alkanes of at least 4 members (excludes halogenated alkanes) is 1. The number of halogens is 1. The van der Waals surface area contributed by atoms with E-state index in [0.717, 1.165) is 35.5 Å². The Hall–Kier alpha value is -1.78. The number of nitrogens with zero attached hydrogens (tertiary/aromatic N) is 5. The van der Waals surface area contributed by atoms with E-state index in [1.807, 2.05) is 18.3 Å². The molecule has 4 rings (SSSR count). The fraction of sp³-hybridized carbons (Fsp3) is 0.529. The number of nitriles is 1. The molecule has 0 unspecified atom stereocenters. The molecule has 1 saturated carbocycles. The molecular formula is C17H21IN7O2S-. The number of hydrogen-bond acceptors (Lipinski definition) is 6. The van der Waals surface area contributed by atoms with Gasteiger partial charge in [0.25, 0.3) is 0 Å². The Labute approximate surface area is 173 Å². The van der Waals surface area contributed by atoms with Gasteiger partial charge in [-0.15, -0.1) is 0 Å².